The zero-order chi connectivity index (χ0) is 52.0. The van der Waals surface area contributed by atoms with Crippen LogP contribution in [0.5, 0.6) is 0 Å². The zero-order valence-electron chi connectivity index (χ0n) is 44.3. The van der Waals surface area contributed by atoms with Crippen LogP contribution in [-0.4, -0.2) is 119 Å². The summed E-state index contributed by atoms with van der Waals surface area (Å²) in [7, 11) is 6.71. The summed E-state index contributed by atoms with van der Waals surface area (Å²) in [5.41, 5.74) is 16.9. The van der Waals surface area contributed by atoms with E-state index >= 15 is 0 Å². The number of hydrogen-bond acceptors (Lipinski definition) is 11. The monoisotopic (exact) mass is 1030 g/mol. The average Bonchev–Trinajstić information content (AvgIpc) is 3.97. The molecule has 2 saturated heterocycles. The van der Waals surface area contributed by atoms with E-state index in [1.165, 1.54) is 85.0 Å². The predicted octanol–water partition coefficient (Wildman–Crippen LogP) is 9.45. The number of fused-ring (bicyclic) bond motifs is 2. The van der Waals surface area contributed by atoms with E-state index in [4.69, 9.17) is 30.3 Å². The number of H-pyrrole nitrogens is 2. The molecular weight excluding hydrogens is 960 g/mol. The number of nitriles is 2. The molecular formula is C60H71ClN10O4. The van der Waals surface area contributed by atoms with Crippen LogP contribution in [0.1, 0.15) is 150 Å². The number of halogens is 1. The number of rotatable bonds is 8. The summed E-state index contributed by atoms with van der Waals surface area (Å²) in [6, 6.07) is 28.4. The molecule has 4 N–H and O–H groups in total. The van der Waals surface area contributed by atoms with Gasteiger partial charge in [-0.05, 0) is 135 Å². The Balaban J connectivity index is 0.000000162. The molecule has 2 aromatic heterocycles. The second kappa shape index (κ2) is 24.3. The largest absolute Gasteiger partial charge is 0.465 e. The fraction of sp³-hybridized carbons (Fsp3) is 0.433. The van der Waals surface area contributed by atoms with Gasteiger partial charge in [-0.3, -0.25) is 4.79 Å². The summed E-state index contributed by atoms with van der Waals surface area (Å²) in [5.74, 6) is 3.76. The van der Waals surface area contributed by atoms with Crippen molar-refractivity contribution in [2.45, 2.75) is 102 Å². The van der Waals surface area contributed by atoms with Crippen molar-refractivity contribution in [3.05, 3.63) is 151 Å². The molecule has 2 aliphatic carbocycles. The number of hydrogen-bond donors (Lipinski definition) is 4. The summed E-state index contributed by atoms with van der Waals surface area (Å²) < 4.78 is 4.97. The summed E-state index contributed by atoms with van der Waals surface area (Å²) >= 11 is 0. The van der Waals surface area contributed by atoms with Crippen LogP contribution in [0.15, 0.2) is 72.8 Å². The second-order valence-electron chi connectivity index (χ2n) is 21.0. The molecule has 75 heavy (non-hydrogen) atoms. The first-order valence-electron chi connectivity index (χ1n) is 26.3. The minimum atomic E-state index is -0.282. The topological polar surface area (TPSA) is 190 Å². The number of likely N-dealkylation sites (tertiary alicyclic amines) is 1. The third-order valence-electron chi connectivity index (χ3n) is 16.0. The summed E-state index contributed by atoms with van der Waals surface area (Å²) in [5, 5.41) is 27.8. The standard InChI is InChI=1S/C29H31N5O.C20H25N3O2.C10H10N2.CH4O.ClH/c1-18-12-24(21-4-3-5-21)25(28-31-26-10-11-33(2)17-27(26)32-28)13-23(18)29(35)34-15-22(16-34)20-8-6-19(14-30)7-9-20;1-12-9-15(13-5-4-6-13)16(10-14(12)20(24)25-3)19-21-17-7-8-23(2)11-18(17)22-19;11-5-8-1-3-9(4-2-8)10-6-12-7-10;1-2;/h6-9,12-13,21-22H,3-5,10-11,15-17H2,1-2H3,(H,31,32);9-10,13H,4-8,11H2,1-3H3,(H,21,22);1-4,10,12H,6-7H2;2H,1H3;1H. The predicted molar refractivity (Wildman–Crippen MR) is 294 cm³/mol. The molecule has 12 rings (SSSR count). The maximum absolute atomic E-state index is 13.6. The van der Waals surface area contributed by atoms with Gasteiger partial charge in [-0.15, -0.1) is 12.4 Å². The second-order valence-corrected chi connectivity index (χ2v) is 21.0. The first kappa shape index (κ1) is 54.6. The van der Waals surface area contributed by atoms with Crippen LogP contribution in [0, 0.1) is 36.5 Å². The van der Waals surface area contributed by atoms with Crippen molar-refractivity contribution in [3.8, 4) is 34.9 Å². The van der Waals surface area contributed by atoms with Crippen molar-refractivity contribution in [1.82, 2.24) is 40.0 Å². The number of esters is 1. The number of carbonyl (C=O) groups excluding carboxylic acids is 2. The Kier molecular flexibility index (Phi) is 17.7. The molecule has 0 bridgehead atoms. The molecule has 4 fully saturated rings. The highest BCUT2D eigenvalue weighted by molar-refractivity contribution is 5.98. The highest BCUT2D eigenvalue weighted by Crippen LogP contribution is 2.44. The molecule has 392 valence electrons. The highest BCUT2D eigenvalue weighted by Gasteiger charge is 2.35. The average molecular weight is 1030 g/mol. The molecule has 6 aliphatic rings. The number of aliphatic hydroxyl groups is 1. The number of aliphatic hydroxyl groups excluding tert-OH is 1. The van der Waals surface area contributed by atoms with Gasteiger partial charge in [-0.25, -0.2) is 14.8 Å². The Bertz CT molecular complexity index is 3060. The zero-order valence-corrected chi connectivity index (χ0v) is 45.1. The van der Waals surface area contributed by atoms with Crippen molar-refractivity contribution < 1.29 is 19.4 Å². The molecule has 15 heteroatoms. The van der Waals surface area contributed by atoms with Crippen LogP contribution in [0.25, 0.3) is 22.8 Å². The van der Waals surface area contributed by atoms with E-state index in [9.17, 15) is 9.59 Å². The van der Waals surface area contributed by atoms with Crippen LogP contribution >= 0.6 is 12.4 Å². The number of carbonyl (C=O) groups is 2. The number of ether oxygens (including phenoxy) is 1. The van der Waals surface area contributed by atoms with Crippen molar-refractivity contribution >= 4 is 24.3 Å². The van der Waals surface area contributed by atoms with Crippen LogP contribution in [0.2, 0.25) is 0 Å². The van der Waals surface area contributed by atoms with Gasteiger partial charge in [0.2, 0.25) is 0 Å². The third kappa shape index (κ3) is 11.9. The Hall–Kier alpha value is -6.65. The van der Waals surface area contributed by atoms with Gasteiger partial charge >= 0.3 is 5.97 Å². The van der Waals surface area contributed by atoms with Gasteiger partial charge in [0.05, 0.1) is 58.7 Å². The molecule has 0 radical (unpaired) electrons. The van der Waals surface area contributed by atoms with Crippen LogP contribution in [0.4, 0.5) is 0 Å². The van der Waals surface area contributed by atoms with Gasteiger partial charge in [0.1, 0.15) is 11.6 Å². The van der Waals surface area contributed by atoms with Gasteiger partial charge in [-0.2, -0.15) is 10.5 Å². The molecule has 0 unspecified atom stereocenters. The molecule has 4 aliphatic heterocycles. The van der Waals surface area contributed by atoms with Crippen molar-refractivity contribution in [2.75, 3.05) is 67.6 Å². The van der Waals surface area contributed by atoms with Gasteiger partial charge < -0.3 is 39.8 Å². The van der Waals surface area contributed by atoms with Crippen LogP contribution in [-0.2, 0) is 30.7 Å². The Morgan fingerprint density at radius 1 is 0.653 bits per heavy atom. The van der Waals surface area contributed by atoms with Gasteiger partial charge in [0, 0.05) is 101 Å². The Labute approximate surface area is 448 Å². The lowest BCUT2D eigenvalue weighted by Gasteiger charge is -2.40. The van der Waals surface area contributed by atoms with Crippen LogP contribution < -0.4 is 5.32 Å². The Morgan fingerprint density at radius 3 is 1.49 bits per heavy atom. The molecule has 0 atom stereocenters. The van der Waals surface area contributed by atoms with Crippen molar-refractivity contribution in [1.29, 1.82) is 10.5 Å². The lowest BCUT2D eigenvalue weighted by molar-refractivity contribution is 0.0593. The number of imidazole rings is 2. The number of aryl methyl sites for hydroxylation is 2. The van der Waals surface area contributed by atoms with Crippen molar-refractivity contribution in [3.63, 3.8) is 0 Å². The van der Waals surface area contributed by atoms with Crippen LogP contribution in [0.3, 0.4) is 0 Å². The molecule has 1 amide bonds. The van der Waals surface area contributed by atoms with E-state index in [0.717, 1.165) is 110 Å². The van der Waals surface area contributed by atoms with E-state index in [-0.39, 0.29) is 24.3 Å². The summed E-state index contributed by atoms with van der Waals surface area (Å²) in [4.78, 5) is 49.3. The third-order valence-corrected chi connectivity index (χ3v) is 16.0. The van der Waals surface area contributed by atoms with Gasteiger partial charge in [0.25, 0.3) is 5.91 Å². The lowest BCUT2D eigenvalue weighted by Crippen LogP contribution is -2.48. The molecule has 4 aromatic carbocycles. The van der Waals surface area contributed by atoms with Crippen molar-refractivity contribution in [2.24, 2.45) is 0 Å². The lowest BCUT2D eigenvalue weighted by atomic mass is 9.77. The van der Waals surface area contributed by atoms with Gasteiger partial charge in [0.15, 0.2) is 0 Å². The SMILES string of the molecule is CO.COC(=O)c1cc(-c2nc3c([nH]2)CN(C)CC3)c(C2CCC2)cc1C.Cc1cc(C2CCC2)c(-c2nc3c([nH]2)CN(C)CC3)cc1C(=O)N1CC(c2ccc(C#N)cc2)C1.Cl.N#Cc1ccc(C2CNC2)cc1. The number of amides is 1. The van der Waals surface area contributed by atoms with E-state index in [1.54, 1.807) is 0 Å². The highest BCUT2D eigenvalue weighted by atomic mass is 35.5. The molecule has 2 saturated carbocycles. The normalized spacial score (nSPS) is 17.3. The fourth-order valence-electron chi connectivity index (χ4n) is 10.9. The number of likely N-dealkylation sites (N-methyl/N-ethyl adjacent to an activating group) is 2. The molecule has 6 heterocycles. The number of nitrogens with zero attached hydrogens (tertiary/aromatic N) is 7. The maximum Gasteiger partial charge on any atom is 0.338 e. The smallest absolute Gasteiger partial charge is 0.338 e. The first-order chi connectivity index (χ1) is 36.0. The van der Waals surface area contributed by atoms with E-state index in [1.807, 2.05) is 66.4 Å². The van der Waals surface area contributed by atoms with E-state index < -0.39 is 0 Å². The summed E-state index contributed by atoms with van der Waals surface area (Å²) in [6.45, 7) is 11.5. The number of benzene rings is 4. The van der Waals surface area contributed by atoms with Gasteiger partial charge in [-0.1, -0.05) is 49.2 Å². The Morgan fingerprint density at radius 2 is 1.09 bits per heavy atom. The number of aromatic nitrogens is 4. The molecule has 14 nitrogen and oxygen atoms in total. The molecule has 0 spiro atoms. The van der Waals surface area contributed by atoms with E-state index in [2.05, 4.69) is 76.4 Å². The number of methoxy groups -OCH3 is 1. The number of aromatic amines is 2. The van der Waals surface area contributed by atoms with E-state index in [0.29, 0.717) is 47.9 Å². The molecule has 6 aromatic rings. The fourth-order valence-corrected chi connectivity index (χ4v) is 10.9. The minimum Gasteiger partial charge on any atom is -0.465 e. The quantitative estimate of drug-likeness (QED) is 0.106. The summed E-state index contributed by atoms with van der Waals surface area (Å²) in [6.07, 6.45) is 9.33. The maximum atomic E-state index is 13.6. The number of nitrogens with one attached hydrogen (secondary N) is 3. The first-order valence-corrected chi connectivity index (χ1v) is 26.3. The minimum absolute atomic E-state index is 0.